The van der Waals surface area contributed by atoms with E-state index in [0.717, 1.165) is 163 Å². The van der Waals surface area contributed by atoms with Crippen LogP contribution in [-0.4, -0.2) is 39.9 Å². The summed E-state index contributed by atoms with van der Waals surface area (Å²) in [6.07, 6.45) is 8.32. The zero-order chi connectivity index (χ0) is 48.9. The van der Waals surface area contributed by atoms with E-state index >= 15 is 0 Å². The van der Waals surface area contributed by atoms with Gasteiger partial charge in [-0.15, -0.1) is 0 Å². The van der Waals surface area contributed by atoms with Gasteiger partial charge in [-0.1, -0.05) is 40.5 Å². The van der Waals surface area contributed by atoms with Crippen molar-refractivity contribution in [3.8, 4) is 0 Å². The van der Waals surface area contributed by atoms with Crippen LogP contribution in [0.3, 0.4) is 0 Å². The molecule has 0 saturated carbocycles. The largest absolute Gasteiger partial charge is 0.355 e. The average molecular weight is 923 g/mol. The van der Waals surface area contributed by atoms with E-state index in [1.54, 1.807) is 0 Å². The molecule has 0 radical (unpaired) electrons. The van der Waals surface area contributed by atoms with E-state index in [2.05, 4.69) is 164 Å². The Morgan fingerprint density at radius 3 is 0.914 bits per heavy atom. The van der Waals surface area contributed by atoms with Crippen molar-refractivity contribution in [2.24, 2.45) is 0 Å². The lowest BCUT2D eigenvalue weighted by atomic mass is 9.99. The number of aromatic amines is 4. The maximum Gasteiger partial charge on any atom is 0.0693 e. The smallest absolute Gasteiger partial charge is 0.0693 e. The maximum absolute atomic E-state index is 5.51. The second-order valence-corrected chi connectivity index (χ2v) is 20.3. The van der Waals surface area contributed by atoms with Gasteiger partial charge in [0, 0.05) is 65.7 Å². The molecule has 0 unspecified atom stereocenters. The number of H-pyrrole nitrogens is 4. The number of unbranched alkanes of at least 4 members (excludes halogenated alkanes) is 2. The summed E-state index contributed by atoms with van der Waals surface area (Å²) in [5.74, 6) is 0. The van der Waals surface area contributed by atoms with Crippen molar-refractivity contribution in [1.82, 2.24) is 39.9 Å². The third kappa shape index (κ3) is 7.32. The van der Waals surface area contributed by atoms with Crippen LogP contribution >= 0.6 is 0 Å². The minimum absolute atomic E-state index is 0.942. The molecule has 10 heterocycles. The van der Waals surface area contributed by atoms with Crippen molar-refractivity contribution in [1.29, 1.82) is 0 Å². The van der Waals surface area contributed by atoms with Gasteiger partial charge in [-0.2, -0.15) is 0 Å². The van der Waals surface area contributed by atoms with E-state index in [1.165, 1.54) is 66.8 Å². The summed E-state index contributed by atoms with van der Waals surface area (Å²) in [6.45, 7) is 26.8. The Hall–Kier alpha value is -7.06. The molecule has 354 valence electrons. The summed E-state index contributed by atoms with van der Waals surface area (Å²) in [6, 6.07) is 22.9. The number of allylic oxidation sites excluding steroid dienone is 8. The van der Waals surface area contributed by atoms with Crippen molar-refractivity contribution in [3.05, 3.63) is 128 Å². The van der Waals surface area contributed by atoms with Crippen molar-refractivity contribution in [3.63, 3.8) is 0 Å². The Bertz CT molecular complexity index is 3660. The van der Waals surface area contributed by atoms with Gasteiger partial charge in [0.2, 0.25) is 0 Å². The van der Waals surface area contributed by atoms with E-state index in [9.17, 15) is 0 Å². The van der Waals surface area contributed by atoms with Crippen LogP contribution < -0.4 is 0 Å². The molecule has 0 atom stereocenters. The molecule has 0 saturated heterocycles. The lowest BCUT2D eigenvalue weighted by Gasteiger charge is -2.04. The highest BCUT2D eigenvalue weighted by Crippen LogP contribution is 2.41. The molecule has 16 bridgehead atoms. The van der Waals surface area contributed by atoms with Gasteiger partial charge in [0.05, 0.1) is 45.6 Å². The number of fused-ring (bicyclic) bond motifs is 22. The topological polar surface area (TPSA) is 115 Å². The van der Waals surface area contributed by atoms with Crippen LogP contribution in [0, 0.1) is 13.8 Å². The van der Waals surface area contributed by atoms with Gasteiger partial charge in [-0.05, 0) is 221 Å². The van der Waals surface area contributed by atoms with Gasteiger partial charge in [-0.3, -0.25) is 0 Å². The summed E-state index contributed by atoms with van der Waals surface area (Å²) < 4.78 is 0. The van der Waals surface area contributed by atoms with Gasteiger partial charge in [0.1, 0.15) is 0 Å². The monoisotopic (exact) mass is 923 g/mol. The fourth-order valence-electron chi connectivity index (χ4n) is 11.3. The normalized spacial score (nSPS) is 14.2. The molecule has 0 fully saturated rings. The minimum Gasteiger partial charge on any atom is -0.355 e. The van der Waals surface area contributed by atoms with Crippen LogP contribution in [-0.2, 0) is 12.8 Å². The fourth-order valence-corrected chi connectivity index (χ4v) is 11.3. The summed E-state index contributed by atoms with van der Waals surface area (Å²) in [5, 5.41) is 4.52. The third-order valence-electron chi connectivity index (χ3n) is 16.2. The fraction of sp³-hybridized carbons (Fsp3) is 0.323. The summed E-state index contributed by atoms with van der Waals surface area (Å²) in [4.78, 5) is 37.2. The Balaban J connectivity index is 1.29. The molecule has 0 amide bonds. The van der Waals surface area contributed by atoms with Crippen molar-refractivity contribution < 1.29 is 0 Å². The number of nitrogens with one attached hydrogen (secondary N) is 4. The van der Waals surface area contributed by atoms with Crippen molar-refractivity contribution >= 4 is 110 Å². The van der Waals surface area contributed by atoms with Gasteiger partial charge < -0.3 is 19.9 Å². The third-order valence-corrected chi connectivity index (χ3v) is 16.2. The first-order chi connectivity index (χ1) is 33.8. The van der Waals surface area contributed by atoms with Crippen LogP contribution in [0.5, 0.6) is 0 Å². The summed E-state index contributed by atoms with van der Waals surface area (Å²) in [7, 11) is 0. The Kier molecular flexibility index (Phi) is 11.3. The predicted octanol–water partition coefficient (Wildman–Crippen LogP) is 17.1. The molecular weight excluding hydrogens is 857 g/mol. The number of hydrogen-bond acceptors (Lipinski definition) is 4. The molecule has 7 aromatic rings. The maximum atomic E-state index is 5.51. The van der Waals surface area contributed by atoms with Crippen molar-refractivity contribution in [2.75, 3.05) is 0 Å². The first kappa shape index (κ1) is 45.4. The molecule has 0 spiro atoms. The average Bonchev–Trinajstić information content (AvgIpc) is 4.22. The van der Waals surface area contributed by atoms with E-state index < -0.39 is 0 Å². The Morgan fingerprint density at radius 1 is 0.314 bits per heavy atom. The highest BCUT2D eigenvalue weighted by molar-refractivity contribution is 6.20. The number of nitrogens with zero attached hydrogens (tertiary/aromatic N) is 4. The number of rotatable bonds is 8. The highest BCUT2D eigenvalue weighted by atomic mass is 14.8. The van der Waals surface area contributed by atoms with E-state index in [1.807, 2.05) is 0 Å². The molecule has 8 heteroatoms. The standard InChI is InChI=1S/C62H66N8/c1-13-17-19-41-37(11)53-27-61-45-21-43-44(60-26-52-36(10)34(8)50(65-52)24-48-32(6)31(5)47(63-48)23-49-33(7)35(9)51(64-49)25-59(43)69-60)22-46(45)62(70-61)28-54-38(12)42(20-18-14-2)58(67-54)30-56-40(16-4)39(15-3)55(68-56)29-57(41)66-53/h21-30,63,68-70H,13-20H2,1-12H3. The number of aryl methyl sites for hydroxylation is 4. The van der Waals surface area contributed by atoms with Gasteiger partial charge in [-0.25, -0.2) is 19.9 Å². The molecule has 70 heavy (non-hydrogen) atoms. The second-order valence-electron chi connectivity index (χ2n) is 20.3. The van der Waals surface area contributed by atoms with E-state index in [4.69, 9.17) is 19.9 Å². The van der Waals surface area contributed by atoms with E-state index in [-0.39, 0.29) is 0 Å². The summed E-state index contributed by atoms with van der Waals surface area (Å²) >= 11 is 0. The van der Waals surface area contributed by atoms with Gasteiger partial charge in [0.15, 0.2) is 0 Å². The zero-order valence-corrected chi connectivity index (χ0v) is 43.2. The predicted molar refractivity (Wildman–Crippen MR) is 299 cm³/mol. The zero-order valence-electron chi connectivity index (χ0n) is 43.2. The van der Waals surface area contributed by atoms with Gasteiger partial charge >= 0.3 is 0 Å². The molecule has 4 aliphatic rings. The molecule has 4 aliphatic heterocycles. The summed E-state index contributed by atoms with van der Waals surface area (Å²) in [5.41, 5.74) is 31.6. The first-order valence-corrected chi connectivity index (χ1v) is 25.8. The molecule has 6 aromatic heterocycles. The quantitative estimate of drug-likeness (QED) is 0.122. The molecule has 1 aromatic carbocycles. The van der Waals surface area contributed by atoms with Gasteiger partial charge in [0.25, 0.3) is 0 Å². The molecule has 0 aliphatic carbocycles. The molecule has 8 nitrogen and oxygen atoms in total. The van der Waals surface area contributed by atoms with Crippen LogP contribution in [0.15, 0.2) is 60.7 Å². The molecule has 4 N–H and O–H groups in total. The number of benzene rings is 1. The number of aromatic nitrogens is 8. The molecular formula is C62H66N8. The number of hydrogen-bond donors (Lipinski definition) is 4. The van der Waals surface area contributed by atoms with E-state index in [0.29, 0.717) is 0 Å². The first-order valence-electron chi connectivity index (χ1n) is 25.8. The minimum atomic E-state index is 0.942. The van der Waals surface area contributed by atoms with Crippen molar-refractivity contribution in [2.45, 2.75) is 134 Å². The Morgan fingerprint density at radius 2 is 0.586 bits per heavy atom. The van der Waals surface area contributed by atoms with Crippen LogP contribution in [0.25, 0.3) is 110 Å². The molecule has 11 rings (SSSR count). The van der Waals surface area contributed by atoms with Crippen LogP contribution in [0.4, 0.5) is 0 Å². The lowest BCUT2D eigenvalue weighted by molar-refractivity contribution is 0.824. The lowest BCUT2D eigenvalue weighted by Crippen LogP contribution is -1.88. The SMILES string of the molecule is CCCCC1=C(C)c2cc3[nH]c(cc4nc(cc5[nH]c(cc1n2)c(CC)c5CC)C(CCCC)=C4C)c1cc2c4cc5nc(cc6[nH]c(cc7nc(cc([nH]4)c2cc31)C(C)=C7C)c(C)c6C)C(C)=C5C. The highest BCUT2D eigenvalue weighted by Gasteiger charge is 2.23. The Labute approximate surface area is 411 Å². The van der Waals surface area contributed by atoms with Crippen LogP contribution in [0.1, 0.15) is 176 Å². The second kappa shape index (κ2) is 17.4. The van der Waals surface area contributed by atoms with Crippen LogP contribution in [0.2, 0.25) is 0 Å².